The van der Waals surface area contributed by atoms with Crippen LogP contribution in [0.4, 0.5) is 5.69 Å². The summed E-state index contributed by atoms with van der Waals surface area (Å²) in [7, 11) is 0. The van der Waals surface area contributed by atoms with Gasteiger partial charge in [-0.15, -0.1) is 0 Å². The second kappa shape index (κ2) is 3.52. The van der Waals surface area contributed by atoms with Crippen LogP contribution in [0.15, 0.2) is 18.3 Å². The van der Waals surface area contributed by atoms with Gasteiger partial charge in [0.15, 0.2) is 0 Å². The van der Waals surface area contributed by atoms with Gasteiger partial charge in [0.05, 0.1) is 18.0 Å². The number of rotatable bonds is 1. The average molecular weight is 199 g/mol. The summed E-state index contributed by atoms with van der Waals surface area (Å²) in [6, 6.07) is 3.69. The fourth-order valence-corrected chi connectivity index (χ4v) is 1.64. The number of hydrogen-bond acceptors (Lipinski definition) is 3. The maximum Gasteiger partial charge on any atom is 0.129 e. The maximum absolute atomic E-state index is 9.33. The number of aromatic nitrogens is 1. The first-order valence-corrected chi connectivity index (χ1v) is 4.68. The van der Waals surface area contributed by atoms with Crippen LogP contribution in [0, 0.1) is 0 Å². The van der Waals surface area contributed by atoms with Crippen LogP contribution in [0.5, 0.6) is 0 Å². The van der Waals surface area contributed by atoms with Crippen LogP contribution < -0.4 is 4.90 Å². The number of halogens is 1. The minimum atomic E-state index is -0.198. The summed E-state index contributed by atoms with van der Waals surface area (Å²) in [5.74, 6) is 0. The minimum Gasteiger partial charge on any atom is -0.391 e. The topological polar surface area (TPSA) is 36.4 Å². The van der Waals surface area contributed by atoms with Gasteiger partial charge >= 0.3 is 0 Å². The van der Waals surface area contributed by atoms with Gasteiger partial charge in [-0.25, -0.2) is 4.98 Å². The third kappa shape index (κ3) is 1.92. The quantitative estimate of drug-likeness (QED) is 0.692. The molecule has 0 saturated carbocycles. The zero-order chi connectivity index (χ0) is 9.26. The molecule has 1 aliphatic rings. The third-order valence-corrected chi connectivity index (χ3v) is 2.46. The van der Waals surface area contributed by atoms with Gasteiger partial charge in [0, 0.05) is 13.1 Å². The van der Waals surface area contributed by atoms with Crippen molar-refractivity contribution in [1.29, 1.82) is 0 Å². The first kappa shape index (κ1) is 8.78. The van der Waals surface area contributed by atoms with Crippen LogP contribution >= 0.6 is 11.6 Å². The Morgan fingerprint density at radius 3 is 2.92 bits per heavy atom. The number of hydrogen-bond donors (Lipinski definition) is 1. The Morgan fingerprint density at radius 1 is 1.54 bits per heavy atom. The van der Waals surface area contributed by atoms with Crippen molar-refractivity contribution >= 4 is 17.3 Å². The summed E-state index contributed by atoms with van der Waals surface area (Å²) >= 11 is 5.67. The highest BCUT2D eigenvalue weighted by molar-refractivity contribution is 6.29. The van der Waals surface area contributed by atoms with E-state index in [1.807, 2.05) is 6.07 Å². The van der Waals surface area contributed by atoms with Crippen LogP contribution in [0.3, 0.4) is 0 Å². The van der Waals surface area contributed by atoms with Crippen molar-refractivity contribution in [1.82, 2.24) is 4.98 Å². The highest BCUT2D eigenvalue weighted by Crippen LogP contribution is 2.20. The molecule has 1 aromatic heterocycles. The number of nitrogens with zero attached hydrogens (tertiary/aromatic N) is 2. The Labute approximate surface area is 82.0 Å². The number of aliphatic hydroxyl groups excluding tert-OH is 1. The van der Waals surface area contributed by atoms with E-state index in [2.05, 4.69) is 9.88 Å². The van der Waals surface area contributed by atoms with E-state index in [0.717, 1.165) is 18.7 Å². The number of pyridine rings is 1. The predicted molar refractivity (Wildman–Crippen MR) is 52.1 cm³/mol. The lowest BCUT2D eigenvalue weighted by atomic mass is 10.3. The van der Waals surface area contributed by atoms with Crippen LogP contribution in [0.25, 0.3) is 0 Å². The van der Waals surface area contributed by atoms with Crippen LogP contribution in [0.1, 0.15) is 6.42 Å². The largest absolute Gasteiger partial charge is 0.391 e. The Bertz CT molecular complexity index is 288. The normalized spacial score (nSPS) is 22.3. The molecule has 0 bridgehead atoms. The molecule has 1 fully saturated rings. The molecular formula is C9H11ClN2O. The summed E-state index contributed by atoms with van der Waals surface area (Å²) in [5, 5.41) is 9.83. The smallest absolute Gasteiger partial charge is 0.129 e. The van der Waals surface area contributed by atoms with E-state index in [9.17, 15) is 5.11 Å². The highest BCUT2D eigenvalue weighted by atomic mass is 35.5. The zero-order valence-corrected chi connectivity index (χ0v) is 7.91. The molecule has 1 aliphatic heterocycles. The molecule has 1 saturated heterocycles. The van der Waals surface area contributed by atoms with E-state index in [1.165, 1.54) is 0 Å². The Hall–Kier alpha value is -0.800. The monoisotopic (exact) mass is 198 g/mol. The van der Waals surface area contributed by atoms with Crippen molar-refractivity contribution in [2.75, 3.05) is 18.0 Å². The number of anilines is 1. The van der Waals surface area contributed by atoms with Crippen molar-refractivity contribution in [3.63, 3.8) is 0 Å². The standard InChI is InChI=1S/C9H11ClN2O/c10-9-2-1-7(5-11-9)12-4-3-8(13)6-12/h1-2,5,8,13H,3-4,6H2/t8-/m0/s1. The molecule has 0 spiro atoms. The Balaban J connectivity index is 2.13. The zero-order valence-electron chi connectivity index (χ0n) is 7.15. The summed E-state index contributed by atoms with van der Waals surface area (Å²) < 4.78 is 0. The van der Waals surface area contributed by atoms with Crippen LogP contribution in [-0.4, -0.2) is 29.3 Å². The maximum atomic E-state index is 9.33. The molecule has 70 valence electrons. The van der Waals surface area contributed by atoms with E-state index >= 15 is 0 Å². The number of β-amino-alcohol motifs (C(OH)–C–C–N with tert-alkyl or cyclic N) is 1. The van der Waals surface area contributed by atoms with E-state index in [4.69, 9.17) is 11.6 Å². The Morgan fingerprint density at radius 2 is 2.38 bits per heavy atom. The van der Waals surface area contributed by atoms with Gasteiger partial charge in [-0.2, -0.15) is 0 Å². The van der Waals surface area contributed by atoms with Crippen molar-refractivity contribution in [3.05, 3.63) is 23.5 Å². The Kier molecular flexibility index (Phi) is 2.38. The van der Waals surface area contributed by atoms with Gasteiger partial charge in [-0.1, -0.05) is 11.6 Å². The highest BCUT2D eigenvalue weighted by Gasteiger charge is 2.20. The summed E-state index contributed by atoms with van der Waals surface area (Å²) in [4.78, 5) is 6.10. The van der Waals surface area contributed by atoms with Crippen molar-refractivity contribution in [2.45, 2.75) is 12.5 Å². The average Bonchev–Trinajstić information content (AvgIpc) is 2.53. The molecule has 0 aromatic carbocycles. The molecular weight excluding hydrogens is 188 g/mol. The van der Waals surface area contributed by atoms with Gasteiger partial charge in [0.2, 0.25) is 0 Å². The lowest BCUT2D eigenvalue weighted by Gasteiger charge is -2.16. The lowest BCUT2D eigenvalue weighted by Crippen LogP contribution is -2.21. The van der Waals surface area contributed by atoms with Gasteiger partial charge in [0.25, 0.3) is 0 Å². The van der Waals surface area contributed by atoms with Gasteiger partial charge in [0.1, 0.15) is 5.15 Å². The first-order chi connectivity index (χ1) is 6.25. The van der Waals surface area contributed by atoms with Gasteiger partial charge < -0.3 is 10.0 Å². The fraction of sp³-hybridized carbons (Fsp3) is 0.444. The molecule has 0 radical (unpaired) electrons. The van der Waals surface area contributed by atoms with Crippen LogP contribution in [-0.2, 0) is 0 Å². The van der Waals surface area contributed by atoms with E-state index in [-0.39, 0.29) is 6.10 Å². The molecule has 0 unspecified atom stereocenters. The van der Waals surface area contributed by atoms with Crippen molar-refractivity contribution in [3.8, 4) is 0 Å². The summed E-state index contributed by atoms with van der Waals surface area (Å²) in [6.45, 7) is 1.59. The molecule has 0 aliphatic carbocycles. The molecule has 1 atom stereocenters. The fourth-order valence-electron chi connectivity index (χ4n) is 1.53. The van der Waals surface area contributed by atoms with E-state index in [0.29, 0.717) is 11.7 Å². The first-order valence-electron chi connectivity index (χ1n) is 4.30. The molecule has 1 N–H and O–H groups in total. The van der Waals surface area contributed by atoms with E-state index in [1.54, 1.807) is 12.3 Å². The molecule has 2 heterocycles. The van der Waals surface area contributed by atoms with Gasteiger partial charge in [-0.3, -0.25) is 0 Å². The summed E-state index contributed by atoms with van der Waals surface area (Å²) in [5.41, 5.74) is 1.03. The molecule has 4 heteroatoms. The molecule has 13 heavy (non-hydrogen) atoms. The molecule has 3 nitrogen and oxygen atoms in total. The molecule has 1 aromatic rings. The second-order valence-electron chi connectivity index (χ2n) is 3.23. The van der Waals surface area contributed by atoms with Gasteiger partial charge in [-0.05, 0) is 18.6 Å². The second-order valence-corrected chi connectivity index (χ2v) is 3.61. The minimum absolute atomic E-state index is 0.198. The third-order valence-electron chi connectivity index (χ3n) is 2.24. The molecule has 0 amide bonds. The van der Waals surface area contributed by atoms with Crippen LogP contribution in [0.2, 0.25) is 5.15 Å². The number of aliphatic hydroxyl groups is 1. The van der Waals surface area contributed by atoms with E-state index < -0.39 is 0 Å². The van der Waals surface area contributed by atoms with Crippen molar-refractivity contribution < 1.29 is 5.11 Å². The lowest BCUT2D eigenvalue weighted by molar-refractivity contribution is 0.198. The van der Waals surface area contributed by atoms with Crippen molar-refractivity contribution in [2.24, 2.45) is 0 Å². The predicted octanol–water partition coefficient (Wildman–Crippen LogP) is 1.31. The summed E-state index contributed by atoms with van der Waals surface area (Å²) in [6.07, 6.45) is 2.37. The SMILES string of the molecule is O[C@H]1CCN(c2ccc(Cl)nc2)C1. The molecule has 2 rings (SSSR count).